The van der Waals surface area contributed by atoms with Gasteiger partial charge in [-0.3, -0.25) is 0 Å². The van der Waals surface area contributed by atoms with E-state index in [0.29, 0.717) is 0 Å². The number of nitrogens with one attached hydrogen (secondary N) is 3. The van der Waals surface area contributed by atoms with E-state index in [4.69, 9.17) is 12.2 Å². The standard InChI is InChI=1S/C22H29N3S/c26-22(23-14-13-19-7-3-1-4-8-19)24-17-20-9-11-21(12-10-20)18-25-15-5-2-6-16-25/h1,3-4,7-12H,2,5-6,13-18H2,(H2,23,24,26)/p+1. The fourth-order valence-corrected chi connectivity index (χ4v) is 3.68. The van der Waals surface area contributed by atoms with Crippen LogP contribution in [0.5, 0.6) is 0 Å². The Kier molecular flexibility index (Phi) is 7.47. The molecule has 0 bridgehead atoms. The highest BCUT2D eigenvalue weighted by molar-refractivity contribution is 7.80. The van der Waals surface area contributed by atoms with Crippen LogP contribution in [-0.4, -0.2) is 24.7 Å². The lowest BCUT2D eigenvalue weighted by molar-refractivity contribution is -0.918. The van der Waals surface area contributed by atoms with Crippen LogP contribution in [0, 0.1) is 0 Å². The number of hydrogen-bond donors (Lipinski definition) is 3. The van der Waals surface area contributed by atoms with Crippen LogP contribution in [-0.2, 0) is 19.5 Å². The minimum Gasteiger partial charge on any atom is -0.362 e. The number of hydrogen-bond acceptors (Lipinski definition) is 1. The summed E-state index contributed by atoms with van der Waals surface area (Å²) in [5.41, 5.74) is 4.04. The van der Waals surface area contributed by atoms with Crippen LogP contribution in [0.25, 0.3) is 0 Å². The lowest BCUT2D eigenvalue weighted by atomic mass is 10.1. The lowest BCUT2D eigenvalue weighted by Crippen LogP contribution is -3.11. The first-order chi connectivity index (χ1) is 12.8. The molecule has 2 aromatic rings. The molecule has 1 saturated heterocycles. The SMILES string of the molecule is S=C(NCCc1ccccc1)NCc1ccc(C[NH+]2CCCCC2)cc1. The molecule has 3 rings (SSSR count). The molecule has 3 N–H and O–H groups in total. The van der Waals surface area contributed by atoms with E-state index in [0.717, 1.165) is 31.2 Å². The van der Waals surface area contributed by atoms with Gasteiger partial charge in [-0.2, -0.15) is 0 Å². The Bertz CT molecular complexity index is 664. The molecule has 1 aliphatic heterocycles. The van der Waals surface area contributed by atoms with Gasteiger partial charge in [0.2, 0.25) is 0 Å². The normalized spacial score (nSPS) is 14.8. The first-order valence-electron chi connectivity index (χ1n) is 9.76. The van der Waals surface area contributed by atoms with Crippen LogP contribution in [0.1, 0.15) is 36.0 Å². The Morgan fingerprint density at radius 3 is 2.23 bits per heavy atom. The first-order valence-corrected chi connectivity index (χ1v) is 10.2. The largest absolute Gasteiger partial charge is 0.362 e. The molecule has 2 aromatic carbocycles. The topological polar surface area (TPSA) is 28.5 Å². The maximum atomic E-state index is 5.38. The van der Waals surface area contributed by atoms with Crippen molar-refractivity contribution in [2.24, 2.45) is 0 Å². The van der Waals surface area contributed by atoms with Crippen molar-refractivity contribution < 1.29 is 4.90 Å². The molecule has 1 aliphatic rings. The highest BCUT2D eigenvalue weighted by atomic mass is 32.1. The van der Waals surface area contributed by atoms with Gasteiger partial charge < -0.3 is 15.5 Å². The quantitative estimate of drug-likeness (QED) is 0.656. The van der Waals surface area contributed by atoms with Gasteiger partial charge in [0.15, 0.2) is 5.11 Å². The van der Waals surface area contributed by atoms with Crippen LogP contribution >= 0.6 is 12.2 Å². The Morgan fingerprint density at radius 2 is 1.50 bits per heavy atom. The number of likely N-dealkylation sites (tertiary alicyclic amines) is 1. The van der Waals surface area contributed by atoms with E-state index in [1.807, 2.05) is 6.07 Å². The molecule has 138 valence electrons. The molecule has 0 aliphatic carbocycles. The lowest BCUT2D eigenvalue weighted by Gasteiger charge is -2.23. The Labute approximate surface area is 162 Å². The molecule has 1 fully saturated rings. The molecule has 0 radical (unpaired) electrons. The van der Waals surface area contributed by atoms with Crippen molar-refractivity contribution in [1.29, 1.82) is 0 Å². The van der Waals surface area contributed by atoms with Crippen molar-refractivity contribution >= 4 is 17.3 Å². The molecule has 26 heavy (non-hydrogen) atoms. The predicted molar refractivity (Wildman–Crippen MR) is 112 cm³/mol. The average Bonchev–Trinajstić information content (AvgIpc) is 2.69. The fourth-order valence-electron chi connectivity index (χ4n) is 3.50. The molecule has 0 saturated carbocycles. The Hall–Kier alpha value is -1.91. The molecule has 0 spiro atoms. The van der Waals surface area contributed by atoms with Crippen LogP contribution in [0.4, 0.5) is 0 Å². The van der Waals surface area contributed by atoms with Crippen LogP contribution in [0.15, 0.2) is 54.6 Å². The van der Waals surface area contributed by atoms with E-state index >= 15 is 0 Å². The van der Waals surface area contributed by atoms with Gasteiger partial charge in [-0.05, 0) is 49.0 Å². The monoisotopic (exact) mass is 368 g/mol. The summed E-state index contributed by atoms with van der Waals surface area (Å²) in [6.07, 6.45) is 5.15. The van der Waals surface area contributed by atoms with E-state index in [9.17, 15) is 0 Å². The smallest absolute Gasteiger partial charge is 0.166 e. The number of quaternary nitrogens is 1. The third-order valence-corrected chi connectivity index (χ3v) is 5.32. The highest BCUT2D eigenvalue weighted by Crippen LogP contribution is 2.04. The number of piperidine rings is 1. The second kappa shape index (κ2) is 10.3. The summed E-state index contributed by atoms with van der Waals surface area (Å²) in [5, 5.41) is 7.31. The second-order valence-corrected chi connectivity index (χ2v) is 7.56. The average molecular weight is 369 g/mol. The zero-order chi connectivity index (χ0) is 18.0. The van der Waals surface area contributed by atoms with Crippen molar-refractivity contribution in [3.63, 3.8) is 0 Å². The number of thiocarbonyl (C=S) groups is 1. The van der Waals surface area contributed by atoms with Crippen molar-refractivity contribution in [1.82, 2.24) is 10.6 Å². The summed E-state index contributed by atoms with van der Waals surface area (Å²) in [6, 6.07) is 19.5. The van der Waals surface area contributed by atoms with E-state index in [-0.39, 0.29) is 0 Å². The van der Waals surface area contributed by atoms with E-state index in [2.05, 4.69) is 59.2 Å². The van der Waals surface area contributed by atoms with Gasteiger partial charge in [0.1, 0.15) is 6.54 Å². The molecular weight excluding hydrogens is 338 g/mol. The summed E-state index contributed by atoms with van der Waals surface area (Å²) in [4.78, 5) is 1.73. The van der Waals surface area contributed by atoms with Crippen LogP contribution in [0.2, 0.25) is 0 Å². The summed E-state index contributed by atoms with van der Waals surface area (Å²) in [5.74, 6) is 0. The predicted octanol–water partition coefficient (Wildman–Crippen LogP) is 2.46. The van der Waals surface area contributed by atoms with Gasteiger partial charge in [0.05, 0.1) is 13.1 Å². The van der Waals surface area contributed by atoms with Crippen molar-refractivity contribution in [3.8, 4) is 0 Å². The molecule has 0 amide bonds. The molecule has 3 nitrogen and oxygen atoms in total. The zero-order valence-corrected chi connectivity index (χ0v) is 16.3. The van der Waals surface area contributed by atoms with Crippen LogP contribution < -0.4 is 15.5 Å². The second-order valence-electron chi connectivity index (χ2n) is 7.15. The zero-order valence-electron chi connectivity index (χ0n) is 15.5. The van der Waals surface area contributed by atoms with Crippen LogP contribution in [0.3, 0.4) is 0 Å². The third kappa shape index (κ3) is 6.43. The molecule has 4 heteroatoms. The van der Waals surface area contributed by atoms with Gasteiger partial charge in [-0.25, -0.2) is 0 Å². The minimum absolute atomic E-state index is 0.725. The van der Waals surface area contributed by atoms with Gasteiger partial charge in [-0.1, -0.05) is 54.6 Å². The van der Waals surface area contributed by atoms with Gasteiger partial charge in [-0.15, -0.1) is 0 Å². The summed E-state index contributed by atoms with van der Waals surface area (Å²) < 4.78 is 0. The fraction of sp³-hybridized carbons (Fsp3) is 0.409. The molecule has 0 unspecified atom stereocenters. The molecule has 0 atom stereocenters. The minimum atomic E-state index is 0.725. The molecule has 0 aromatic heterocycles. The van der Waals surface area contributed by atoms with Gasteiger partial charge in [0, 0.05) is 18.7 Å². The third-order valence-electron chi connectivity index (χ3n) is 5.03. The van der Waals surface area contributed by atoms with E-state index < -0.39 is 0 Å². The van der Waals surface area contributed by atoms with Gasteiger partial charge in [0.25, 0.3) is 0 Å². The highest BCUT2D eigenvalue weighted by Gasteiger charge is 2.13. The van der Waals surface area contributed by atoms with E-state index in [1.54, 1.807) is 4.90 Å². The van der Waals surface area contributed by atoms with Crippen molar-refractivity contribution in [3.05, 3.63) is 71.3 Å². The maximum absolute atomic E-state index is 5.38. The molecular formula is C22H30N3S+. The summed E-state index contributed by atoms with van der Waals surface area (Å²) in [7, 11) is 0. The first kappa shape index (κ1) is 18.9. The number of benzene rings is 2. The van der Waals surface area contributed by atoms with Gasteiger partial charge >= 0.3 is 0 Å². The van der Waals surface area contributed by atoms with E-state index in [1.165, 1.54) is 49.0 Å². The molecule has 1 heterocycles. The Morgan fingerprint density at radius 1 is 0.808 bits per heavy atom. The number of rotatable bonds is 7. The van der Waals surface area contributed by atoms with Crippen molar-refractivity contribution in [2.75, 3.05) is 19.6 Å². The Balaban J connectivity index is 1.35. The maximum Gasteiger partial charge on any atom is 0.166 e. The summed E-state index contributed by atoms with van der Waals surface area (Å²) in [6.45, 7) is 5.44. The summed E-state index contributed by atoms with van der Waals surface area (Å²) >= 11 is 5.38. The van der Waals surface area contributed by atoms with Crippen molar-refractivity contribution in [2.45, 2.75) is 38.8 Å².